The van der Waals surface area contributed by atoms with Crippen molar-refractivity contribution >= 4 is 23.2 Å². The van der Waals surface area contributed by atoms with Crippen LogP contribution in [-0.2, 0) is 11.2 Å². The third-order valence-electron chi connectivity index (χ3n) is 3.99. The minimum Gasteiger partial charge on any atom is -0.389 e. The Balaban J connectivity index is 2.14. The SMILES string of the molecule is CCC1(C)CC(O)(Cc2ccc(Cl)c(Cl)c2)CCO1. The maximum Gasteiger partial charge on any atom is 0.0737 e. The van der Waals surface area contributed by atoms with Crippen LogP contribution in [0.3, 0.4) is 0 Å². The van der Waals surface area contributed by atoms with Gasteiger partial charge in [0.05, 0.1) is 27.9 Å². The average molecular weight is 303 g/mol. The van der Waals surface area contributed by atoms with Crippen LogP contribution in [0, 0.1) is 0 Å². The summed E-state index contributed by atoms with van der Waals surface area (Å²) in [6.45, 7) is 4.75. The van der Waals surface area contributed by atoms with Crippen molar-refractivity contribution in [2.24, 2.45) is 0 Å². The van der Waals surface area contributed by atoms with Gasteiger partial charge in [0.15, 0.2) is 0 Å². The summed E-state index contributed by atoms with van der Waals surface area (Å²) in [5, 5.41) is 11.9. The zero-order chi connectivity index (χ0) is 14.1. The maximum absolute atomic E-state index is 10.8. The van der Waals surface area contributed by atoms with Crippen molar-refractivity contribution in [3.8, 4) is 0 Å². The summed E-state index contributed by atoms with van der Waals surface area (Å²) in [5.74, 6) is 0. The van der Waals surface area contributed by atoms with Crippen LogP contribution in [0.5, 0.6) is 0 Å². The number of hydrogen-bond donors (Lipinski definition) is 1. The van der Waals surface area contributed by atoms with Crippen molar-refractivity contribution in [3.05, 3.63) is 33.8 Å². The van der Waals surface area contributed by atoms with Crippen LogP contribution in [-0.4, -0.2) is 22.9 Å². The van der Waals surface area contributed by atoms with Crippen LogP contribution < -0.4 is 0 Å². The molecule has 1 aromatic rings. The van der Waals surface area contributed by atoms with Gasteiger partial charge in [0.2, 0.25) is 0 Å². The van der Waals surface area contributed by atoms with Crippen LogP contribution in [0.15, 0.2) is 18.2 Å². The first kappa shape index (κ1) is 15.1. The fourth-order valence-electron chi connectivity index (χ4n) is 2.73. The first-order valence-electron chi connectivity index (χ1n) is 6.66. The minimum absolute atomic E-state index is 0.233. The van der Waals surface area contributed by atoms with Gasteiger partial charge in [-0.1, -0.05) is 36.2 Å². The van der Waals surface area contributed by atoms with Crippen molar-refractivity contribution in [1.82, 2.24) is 0 Å². The second-order valence-corrected chi connectivity index (χ2v) is 6.54. The van der Waals surface area contributed by atoms with Gasteiger partial charge in [0, 0.05) is 12.8 Å². The molecular formula is C15H20Cl2O2. The first-order chi connectivity index (χ1) is 8.86. The summed E-state index contributed by atoms with van der Waals surface area (Å²) in [4.78, 5) is 0. The normalized spacial score (nSPS) is 31.4. The highest BCUT2D eigenvalue weighted by Gasteiger charge is 2.41. The van der Waals surface area contributed by atoms with Crippen LogP contribution >= 0.6 is 23.2 Å². The lowest BCUT2D eigenvalue weighted by molar-refractivity contribution is -0.152. The van der Waals surface area contributed by atoms with E-state index in [-0.39, 0.29) is 5.60 Å². The van der Waals surface area contributed by atoms with Gasteiger partial charge >= 0.3 is 0 Å². The summed E-state index contributed by atoms with van der Waals surface area (Å²) in [7, 11) is 0. The Morgan fingerprint density at radius 3 is 2.68 bits per heavy atom. The molecule has 0 radical (unpaired) electrons. The van der Waals surface area contributed by atoms with Crippen LogP contribution in [0.2, 0.25) is 10.0 Å². The van der Waals surface area contributed by atoms with E-state index < -0.39 is 5.60 Å². The van der Waals surface area contributed by atoms with Gasteiger partial charge in [-0.25, -0.2) is 0 Å². The van der Waals surface area contributed by atoms with E-state index in [1.165, 1.54) is 0 Å². The van der Waals surface area contributed by atoms with E-state index >= 15 is 0 Å². The molecule has 0 amide bonds. The summed E-state index contributed by atoms with van der Waals surface area (Å²) in [5.41, 5.74) is 0.0564. The number of rotatable bonds is 3. The van der Waals surface area contributed by atoms with Crippen molar-refractivity contribution in [2.75, 3.05) is 6.61 Å². The first-order valence-corrected chi connectivity index (χ1v) is 7.42. The predicted octanol–water partition coefficient (Wildman–Crippen LogP) is 4.25. The highest BCUT2D eigenvalue weighted by Crippen LogP contribution is 2.37. The number of benzene rings is 1. The van der Waals surface area contributed by atoms with E-state index in [4.69, 9.17) is 27.9 Å². The van der Waals surface area contributed by atoms with Gasteiger partial charge < -0.3 is 9.84 Å². The van der Waals surface area contributed by atoms with E-state index in [1.54, 1.807) is 6.07 Å². The molecule has 1 fully saturated rings. The summed E-state index contributed by atoms with van der Waals surface area (Å²) >= 11 is 11.9. The van der Waals surface area contributed by atoms with Gasteiger partial charge in [-0.15, -0.1) is 0 Å². The van der Waals surface area contributed by atoms with Gasteiger partial charge in [-0.3, -0.25) is 0 Å². The van der Waals surface area contributed by atoms with E-state index in [2.05, 4.69) is 13.8 Å². The Kier molecular flexibility index (Phi) is 4.46. The summed E-state index contributed by atoms with van der Waals surface area (Å²) in [6.07, 6.45) is 2.79. The van der Waals surface area contributed by atoms with Gasteiger partial charge in [-0.2, -0.15) is 0 Å². The lowest BCUT2D eigenvalue weighted by Gasteiger charge is -2.43. The number of hydrogen-bond acceptors (Lipinski definition) is 2. The van der Waals surface area contributed by atoms with Crippen molar-refractivity contribution in [1.29, 1.82) is 0 Å². The smallest absolute Gasteiger partial charge is 0.0737 e. The van der Waals surface area contributed by atoms with Crippen molar-refractivity contribution < 1.29 is 9.84 Å². The van der Waals surface area contributed by atoms with Crippen molar-refractivity contribution in [3.63, 3.8) is 0 Å². The zero-order valence-corrected chi connectivity index (χ0v) is 12.9. The molecule has 19 heavy (non-hydrogen) atoms. The van der Waals surface area contributed by atoms with Crippen LogP contribution in [0.4, 0.5) is 0 Å². The molecule has 2 atom stereocenters. The number of halogens is 2. The number of aliphatic hydroxyl groups is 1. The molecule has 0 saturated carbocycles. The Morgan fingerprint density at radius 2 is 2.05 bits per heavy atom. The molecule has 1 saturated heterocycles. The average Bonchev–Trinajstić information content (AvgIpc) is 2.33. The fourth-order valence-corrected chi connectivity index (χ4v) is 3.05. The second kappa shape index (κ2) is 5.61. The summed E-state index contributed by atoms with van der Waals surface area (Å²) < 4.78 is 5.78. The molecule has 1 N–H and O–H groups in total. The highest BCUT2D eigenvalue weighted by molar-refractivity contribution is 6.42. The maximum atomic E-state index is 10.8. The molecule has 0 aliphatic carbocycles. The van der Waals surface area contributed by atoms with Crippen molar-refractivity contribution in [2.45, 2.75) is 50.7 Å². The molecule has 4 heteroatoms. The molecule has 2 rings (SSSR count). The summed E-state index contributed by atoms with van der Waals surface area (Å²) in [6, 6.07) is 5.53. The lowest BCUT2D eigenvalue weighted by Crippen LogP contribution is -2.48. The van der Waals surface area contributed by atoms with E-state index in [1.807, 2.05) is 12.1 Å². The number of ether oxygens (including phenoxy) is 1. The van der Waals surface area contributed by atoms with E-state index in [0.717, 1.165) is 12.0 Å². The van der Waals surface area contributed by atoms with Crippen LogP contribution in [0.1, 0.15) is 38.7 Å². The molecule has 1 aliphatic heterocycles. The molecule has 2 unspecified atom stereocenters. The molecule has 0 aromatic heterocycles. The van der Waals surface area contributed by atoms with Gasteiger partial charge in [0.25, 0.3) is 0 Å². The molecule has 1 aromatic carbocycles. The molecule has 0 spiro atoms. The predicted molar refractivity (Wildman–Crippen MR) is 79.0 cm³/mol. The Morgan fingerprint density at radius 1 is 1.32 bits per heavy atom. The second-order valence-electron chi connectivity index (χ2n) is 5.73. The molecule has 0 bridgehead atoms. The lowest BCUT2D eigenvalue weighted by atomic mass is 9.78. The third-order valence-corrected chi connectivity index (χ3v) is 4.73. The molecular weight excluding hydrogens is 283 g/mol. The Bertz CT molecular complexity index is 463. The molecule has 1 heterocycles. The van der Waals surface area contributed by atoms with E-state index in [0.29, 0.717) is 35.9 Å². The molecule has 1 aliphatic rings. The minimum atomic E-state index is -0.722. The Labute approximate surface area is 124 Å². The zero-order valence-electron chi connectivity index (χ0n) is 11.4. The third kappa shape index (κ3) is 3.63. The quantitative estimate of drug-likeness (QED) is 0.904. The molecule has 2 nitrogen and oxygen atoms in total. The largest absolute Gasteiger partial charge is 0.389 e. The highest BCUT2D eigenvalue weighted by atomic mass is 35.5. The molecule has 106 valence electrons. The van der Waals surface area contributed by atoms with E-state index in [9.17, 15) is 5.11 Å². The monoisotopic (exact) mass is 302 g/mol. The topological polar surface area (TPSA) is 29.5 Å². The van der Waals surface area contributed by atoms with Crippen LogP contribution in [0.25, 0.3) is 0 Å². The van der Waals surface area contributed by atoms with Gasteiger partial charge in [-0.05, 0) is 37.5 Å². The Hall–Kier alpha value is -0.280. The van der Waals surface area contributed by atoms with Gasteiger partial charge in [0.1, 0.15) is 0 Å². The standard InChI is InChI=1S/C15H20Cl2O2/c1-3-14(2)10-15(18,6-7-19-14)9-11-4-5-12(16)13(17)8-11/h4-5,8,18H,3,6-7,9-10H2,1-2H3. The fraction of sp³-hybridized carbons (Fsp3) is 0.600.